The minimum Gasteiger partial charge on any atom is -0.492 e. The van der Waals surface area contributed by atoms with Crippen molar-refractivity contribution in [2.45, 2.75) is 25.4 Å². The summed E-state index contributed by atoms with van der Waals surface area (Å²) in [7, 11) is 0. The van der Waals surface area contributed by atoms with Crippen LogP contribution in [-0.4, -0.2) is 42.4 Å². The van der Waals surface area contributed by atoms with Crippen LogP contribution in [0, 0.1) is 11.3 Å². The fourth-order valence-corrected chi connectivity index (χ4v) is 2.39. The van der Waals surface area contributed by atoms with Crippen LogP contribution in [0.15, 0.2) is 24.3 Å². The second-order valence-corrected chi connectivity index (χ2v) is 4.91. The summed E-state index contributed by atoms with van der Waals surface area (Å²) in [4.78, 5) is 2.27. The van der Waals surface area contributed by atoms with E-state index in [-0.39, 0.29) is 6.10 Å². The molecule has 102 valence electrons. The van der Waals surface area contributed by atoms with Crippen LogP contribution in [0.25, 0.3) is 0 Å². The van der Waals surface area contributed by atoms with Gasteiger partial charge in [-0.05, 0) is 37.9 Å². The van der Waals surface area contributed by atoms with Crippen LogP contribution in [0.2, 0.25) is 0 Å². The fourth-order valence-electron chi connectivity index (χ4n) is 2.39. The van der Waals surface area contributed by atoms with Crippen LogP contribution >= 0.6 is 0 Å². The van der Waals surface area contributed by atoms with E-state index in [2.05, 4.69) is 11.0 Å². The molecular weight excluding hydrogens is 240 g/mol. The Morgan fingerprint density at radius 3 is 3.05 bits per heavy atom. The average Bonchev–Trinajstić information content (AvgIpc) is 2.44. The molecule has 1 unspecified atom stereocenters. The van der Waals surface area contributed by atoms with Crippen molar-refractivity contribution >= 4 is 0 Å². The highest BCUT2D eigenvalue weighted by atomic mass is 16.5. The highest BCUT2D eigenvalue weighted by Crippen LogP contribution is 2.17. The number of likely N-dealkylation sites (tertiary alicyclic amines) is 1. The smallest absolute Gasteiger partial charge is 0.137 e. The number of benzene rings is 1. The first-order valence-electron chi connectivity index (χ1n) is 6.82. The van der Waals surface area contributed by atoms with E-state index in [4.69, 9.17) is 10.00 Å². The molecular formula is C15H20N2O2. The van der Waals surface area contributed by atoms with Gasteiger partial charge < -0.3 is 14.7 Å². The topological polar surface area (TPSA) is 56.5 Å². The number of nitriles is 1. The van der Waals surface area contributed by atoms with Gasteiger partial charge in [0.1, 0.15) is 11.8 Å². The first-order chi connectivity index (χ1) is 9.29. The largest absolute Gasteiger partial charge is 0.492 e. The second-order valence-electron chi connectivity index (χ2n) is 4.91. The molecule has 1 aromatic carbocycles. The lowest BCUT2D eigenvalue weighted by molar-refractivity contribution is 0.0679. The van der Waals surface area contributed by atoms with Crippen LogP contribution in [0.1, 0.15) is 24.8 Å². The molecule has 0 saturated carbocycles. The number of rotatable bonds is 5. The molecule has 2 rings (SSSR count). The number of β-amino-alcohol motifs (C(OH)–C–C–N with tert-alkyl or cyclic N) is 1. The highest BCUT2D eigenvalue weighted by molar-refractivity contribution is 5.42. The molecule has 0 spiro atoms. The van der Waals surface area contributed by atoms with Crippen molar-refractivity contribution < 1.29 is 9.84 Å². The Morgan fingerprint density at radius 1 is 1.42 bits per heavy atom. The zero-order valence-electron chi connectivity index (χ0n) is 11.1. The Hall–Kier alpha value is -1.57. The van der Waals surface area contributed by atoms with Crippen LogP contribution in [0.3, 0.4) is 0 Å². The van der Waals surface area contributed by atoms with Crippen molar-refractivity contribution in [3.8, 4) is 11.8 Å². The average molecular weight is 260 g/mol. The minimum absolute atomic E-state index is 0.172. The number of ether oxygens (including phenoxy) is 1. The van der Waals surface area contributed by atoms with E-state index in [0.29, 0.717) is 17.9 Å². The predicted octanol–water partition coefficient (Wildman–Crippen LogP) is 1.78. The number of para-hydroxylation sites is 1. The Bertz CT molecular complexity index is 442. The molecule has 1 aliphatic rings. The lowest BCUT2D eigenvalue weighted by Gasteiger charge is -2.29. The van der Waals surface area contributed by atoms with Gasteiger partial charge in [0.2, 0.25) is 0 Å². The standard InChI is InChI=1S/C15H20N2O2/c16-11-13-5-1-2-7-15(13)19-10-4-9-17-8-3-6-14(18)12-17/h1-2,5,7,14,18H,3-4,6,8-10,12H2. The summed E-state index contributed by atoms with van der Waals surface area (Å²) in [5.74, 6) is 0.656. The number of hydrogen-bond acceptors (Lipinski definition) is 4. The zero-order chi connectivity index (χ0) is 13.5. The number of hydrogen-bond donors (Lipinski definition) is 1. The Kier molecular flexibility index (Phi) is 5.20. The molecule has 1 aliphatic heterocycles. The van der Waals surface area contributed by atoms with Gasteiger partial charge in [0.15, 0.2) is 0 Å². The molecule has 1 aromatic rings. The van der Waals surface area contributed by atoms with Crippen molar-refractivity contribution in [2.24, 2.45) is 0 Å². The second kappa shape index (κ2) is 7.13. The molecule has 1 saturated heterocycles. The first-order valence-corrected chi connectivity index (χ1v) is 6.82. The number of piperidine rings is 1. The van der Waals surface area contributed by atoms with Gasteiger partial charge in [0.05, 0.1) is 18.3 Å². The summed E-state index contributed by atoms with van der Waals surface area (Å²) in [5.41, 5.74) is 0.580. The van der Waals surface area contributed by atoms with Gasteiger partial charge in [0, 0.05) is 13.1 Å². The summed E-state index contributed by atoms with van der Waals surface area (Å²) >= 11 is 0. The first kappa shape index (κ1) is 13.9. The molecule has 0 aliphatic carbocycles. The maximum Gasteiger partial charge on any atom is 0.137 e. The molecule has 4 nitrogen and oxygen atoms in total. The fraction of sp³-hybridized carbons (Fsp3) is 0.533. The third-order valence-electron chi connectivity index (χ3n) is 3.36. The molecule has 1 atom stereocenters. The van der Waals surface area contributed by atoms with Crippen LogP contribution in [0.5, 0.6) is 5.75 Å². The van der Waals surface area contributed by atoms with Crippen LogP contribution in [0.4, 0.5) is 0 Å². The lowest BCUT2D eigenvalue weighted by atomic mass is 10.1. The molecule has 4 heteroatoms. The maximum atomic E-state index is 9.57. The van der Waals surface area contributed by atoms with Crippen LogP contribution in [-0.2, 0) is 0 Å². The normalized spacial score (nSPS) is 19.9. The monoisotopic (exact) mass is 260 g/mol. The number of nitrogens with zero attached hydrogens (tertiary/aromatic N) is 2. The summed E-state index contributed by atoms with van der Waals surface area (Å²) in [6, 6.07) is 9.41. The van der Waals surface area contributed by atoms with E-state index in [0.717, 1.165) is 38.9 Å². The predicted molar refractivity (Wildman–Crippen MR) is 72.9 cm³/mol. The highest BCUT2D eigenvalue weighted by Gasteiger charge is 2.16. The molecule has 0 aromatic heterocycles. The van der Waals surface area contributed by atoms with E-state index in [1.807, 2.05) is 18.2 Å². The van der Waals surface area contributed by atoms with E-state index in [1.54, 1.807) is 6.07 Å². The van der Waals surface area contributed by atoms with Crippen molar-refractivity contribution in [1.82, 2.24) is 4.90 Å². The van der Waals surface area contributed by atoms with Gasteiger partial charge in [-0.25, -0.2) is 0 Å². The third kappa shape index (κ3) is 4.23. The van der Waals surface area contributed by atoms with Gasteiger partial charge in [0.25, 0.3) is 0 Å². The maximum absolute atomic E-state index is 9.57. The van der Waals surface area contributed by atoms with Gasteiger partial charge in [-0.1, -0.05) is 12.1 Å². The van der Waals surface area contributed by atoms with E-state index < -0.39 is 0 Å². The molecule has 19 heavy (non-hydrogen) atoms. The van der Waals surface area contributed by atoms with Gasteiger partial charge in [-0.15, -0.1) is 0 Å². The molecule has 0 amide bonds. The van der Waals surface area contributed by atoms with E-state index >= 15 is 0 Å². The third-order valence-corrected chi connectivity index (χ3v) is 3.36. The summed E-state index contributed by atoms with van der Waals surface area (Å²) in [6.45, 7) is 3.37. The zero-order valence-corrected chi connectivity index (χ0v) is 11.1. The summed E-state index contributed by atoms with van der Waals surface area (Å²) in [5, 5.41) is 18.5. The molecule has 1 fully saturated rings. The Labute approximate surface area is 114 Å². The van der Waals surface area contributed by atoms with Crippen LogP contribution < -0.4 is 4.74 Å². The van der Waals surface area contributed by atoms with Crippen molar-refractivity contribution in [3.05, 3.63) is 29.8 Å². The number of aliphatic hydroxyl groups is 1. The van der Waals surface area contributed by atoms with Crippen molar-refractivity contribution in [2.75, 3.05) is 26.2 Å². The van der Waals surface area contributed by atoms with Gasteiger partial charge >= 0.3 is 0 Å². The van der Waals surface area contributed by atoms with Gasteiger partial charge in [-0.2, -0.15) is 5.26 Å². The quantitative estimate of drug-likeness (QED) is 0.820. The van der Waals surface area contributed by atoms with Crippen molar-refractivity contribution in [1.29, 1.82) is 5.26 Å². The summed E-state index contributed by atoms with van der Waals surface area (Å²) in [6.07, 6.45) is 2.72. The summed E-state index contributed by atoms with van der Waals surface area (Å²) < 4.78 is 5.63. The molecule has 1 heterocycles. The SMILES string of the molecule is N#Cc1ccccc1OCCCN1CCCC(O)C1. The minimum atomic E-state index is -0.172. The van der Waals surface area contributed by atoms with Gasteiger partial charge in [-0.3, -0.25) is 0 Å². The van der Waals surface area contributed by atoms with E-state index in [9.17, 15) is 5.11 Å². The molecule has 0 radical (unpaired) electrons. The molecule has 0 bridgehead atoms. The molecule has 1 N–H and O–H groups in total. The Balaban J connectivity index is 1.70. The van der Waals surface area contributed by atoms with E-state index in [1.165, 1.54) is 0 Å². The number of aliphatic hydroxyl groups excluding tert-OH is 1. The Morgan fingerprint density at radius 2 is 2.26 bits per heavy atom. The van der Waals surface area contributed by atoms with Crippen molar-refractivity contribution in [3.63, 3.8) is 0 Å². The lowest BCUT2D eigenvalue weighted by Crippen LogP contribution is -2.39.